The number of hydrogen-bond acceptors (Lipinski definition) is 5. The molecule has 1 aromatic rings. The van der Waals surface area contributed by atoms with Crippen LogP contribution in [0.1, 0.15) is 32.6 Å². The summed E-state index contributed by atoms with van der Waals surface area (Å²) in [5.74, 6) is -1.61. The lowest BCUT2D eigenvalue weighted by atomic mass is 10.1. The first-order valence-corrected chi connectivity index (χ1v) is 8.77. The maximum absolute atomic E-state index is 11.9. The topological polar surface area (TPSA) is 125 Å². The molecule has 1 aromatic heterocycles. The molecular formula is C14H21N3O5S. The molecule has 0 aliphatic heterocycles. The summed E-state index contributed by atoms with van der Waals surface area (Å²) in [6.45, 7) is 1.80. The zero-order valence-electron chi connectivity index (χ0n) is 12.9. The van der Waals surface area contributed by atoms with Crippen LogP contribution in [0.25, 0.3) is 0 Å². The van der Waals surface area contributed by atoms with Crippen LogP contribution in [0.4, 0.5) is 0 Å². The van der Waals surface area contributed by atoms with Gasteiger partial charge in [0.15, 0.2) is 0 Å². The Kier molecular flexibility index (Phi) is 7.63. The second-order valence-electron chi connectivity index (χ2n) is 4.94. The van der Waals surface area contributed by atoms with E-state index in [1.165, 1.54) is 24.5 Å². The van der Waals surface area contributed by atoms with Crippen molar-refractivity contribution in [1.82, 2.24) is 15.0 Å². The molecule has 0 saturated carbocycles. The number of carbonyl (C=O) groups is 2. The summed E-state index contributed by atoms with van der Waals surface area (Å²) in [5.41, 5.74) is 0. The van der Waals surface area contributed by atoms with Crippen molar-refractivity contribution in [3.05, 3.63) is 24.5 Å². The lowest BCUT2D eigenvalue weighted by Gasteiger charge is -2.14. The first-order chi connectivity index (χ1) is 10.9. The number of rotatable bonds is 10. The van der Waals surface area contributed by atoms with E-state index in [0.717, 1.165) is 6.42 Å². The molecule has 0 saturated heterocycles. The number of nitrogens with one attached hydrogen (secondary N) is 2. The van der Waals surface area contributed by atoms with Crippen LogP contribution < -0.4 is 10.0 Å². The maximum Gasteiger partial charge on any atom is 0.326 e. The Morgan fingerprint density at radius 2 is 2.13 bits per heavy atom. The van der Waals surface area contributed by atoms with Gasteiger partial charge in [-0.2, -0.15) is 0 Å². The van der Waals surface area contributed by atoms with Gasteiger partial charge < -0.3 is 10.4 Å². The van der Waals surface area contributed by atoms with Crippen molar-refractivity contribution in [3.63, 3.8) is 0 Å². The Morgan fingerprint density at radius 1 is 1.39 bits per heavy atom. The summed E-state index contributed by atoms with van der Waals surface area (Å²) in [6.07, 6.45) is 4.37. The van der Waals surface area contributed by atoms with E-state index in [-0.39, 0.29) is 17.9 Å². The molecule has 128 valence electrons. The molecule has 1 atom stereocenters. The SMILES string of the molecule is CCCC[C@H](NC(=O)CCNS(=O)(=O)c1cccnc1)C(=O)O. The number of aliphatic carboxylic acids is 1. The van der Waals surface area contributed by atoms with E-state index in [9.17, 15) is 18.0 Å². The summed E-state index contributed by atoms with van der Waals surface area (Å²) in [7, 11) is -3.72. The van der Waals surface area contributed by atoms with Gasteiger partial charge in [0.25, 0.3) is 0 Å². The molecule has 1 heterocycles. The molecule has 0 aliphatic rings. The van der Waals surface area contributed by atoms with E-state index in [0.29, 0.717) is 12.8 Å². The smallest absolute Gasteiger partial charge is 0.326 e. The highest BCUT2D eigenvalue weighted by Gasteiger charge is 2.19. The highest BCUT2D eigenvalue weighted by molar-refractivity contribution is 7.89. The number of sulfonamides is 1. The molecule has 0 spiro atoms. The number of carbonyl (C=O) groups excluding carboxylic acids is 1. The zero-order chi connectivity index (χ0) is 17.3. The molecule has 3 N–H and O–H groups in total. The molecule has 0 radical (unpaired) electrons. The number of aromatic nitrogens is 1. The summed E-state index contributed by atoms with van der Waals surface area (Å²) in [6, 6.07) is 1.94. The average Bonchev–Trinajstić information content (AvgIpc) is 2.51. The van der Waals surface area contributed by atoms with Crippen molar-refractivity contribution in [2.75, 3.05) is 6.54 Å². The Bertz CT molecular complexity index is 619. The number of hydrogen-bond donors (Lipinski definition) is 3. The molecule has 0 unspecified atom stereocenters. The molecule has 0 aliphatic carbocycles. The number of unbranched alkanes of at least 4 members (excludes halogenated alkanes) is 1. The van der Waals surface area contributed by atoms with Crippen molar-refractivity contribution in [2.24, 2.45) is 0 Å². The van der Waals surface area contributed by atoms with E-state index >= 15 is 0 Å². The van der Waals surface area contributed by atoms with Crippen molar-refractivity contribution >= 4 is 21.9 Å². The summed E-state index contributed by atoms with van der Waals surface area (Å²) in [4.78, 5) is 26.5. The van der Waals surface area contributed by atoms with E-state index in [4.69, 9.17) is 5.11 Å². The first-order valence-electron chi connectivity index (χ1n) is 7.28. The maximum atomic E-state index is 11.9. The molecule has 1 amide bonds. The fraction of sp³-hybridized carbons (Fsp3) is 0.500. The third-order valence-electron chi connectivity index (χ3n) is 3.07. The number of carboxylic acid groups (broad SMARTS) is 1. The Balaban J connectivity index is 2.45. The molecule has 0 fully saturated rings. The largest absolute Gasteiger partial charge is 0.480 e. The molecular weight excluding hydrogens is 322 g/mol. The number of amides is 1. The van der Waals surface area contributed by atoms with E-state index in [1.54, 1.807) is 0 Å². The van der Waals surface area contributed by atoms with Crippen LogP contribution in [0.5, 0.6) is 0 Å². The average molecular weight is 343 g/mol. The third kappa shape index (κ3) is 6.74. The molecule has 0 bridgehead atoms. The summed E-state index contributed by atoms with van der Waals surface area (Å²) in [5, 5.41) is 11.4. The Hall–Kier alpha value is -2.00. The predicted molar refractivity (Wildman–Crippen MR) is 83.1 cm³/mol. The molecule has 1 rings (SSSR count). The van der Waals surface area contributed by atoms with Gasteiger partial charge in [0, 0.05) is 25.4 Å². The second-order valence-corrected chi connectivity index (χ2v) is 6.70. The van der Waals surface area contributed by atoms with E-state index in [2.05, 4.69) is 15.0 Å². The van der Waals surface area contributed by atoms with Gasteiger partial charge in [-0.05, 0) is 18.6 Å². The van der Waals surface area contributed by atoms with Crippen molar-refractivity contribution in [3.8, 4) is 0 Å². The van der Waals surface area contributed by atoms with Crippen molar-refractivity contribution in [2.45, 2.75) is 43.5 Å². The Labute approximate surface area is 135 Å². The van der Waals surface area contributed by atoms with Crippen LogP contribution in [0, 0.1) is 0 Å². The number of pyridine rings is 1. The Morgan fingerprint density at radius 3 is 2.70 bits per heavy atom. The zero-order valence-corrected chi connectivity index (χ0v) is 13.7. The standard InChI is InChI=1S/C14H21N3O5S/c1-2-3-6-12(14(19)20)17-13(18)7-9-16-23(21,22)11-5-4-8-15-10-11/h4-5,8,10,12,16H,2-3,6-7,9H2,1H3,(H,17,18)(H,19,20)/t12-/m0/s1. The normalized spacial score (nSPS) is 12.6. The van der Waals surface area contributed by atoms with Crippen LogP contribution >= 0.6 is 0 Å². The fourth-order valence-electron chi connectivity index (χ4n) is 1.82. The van der Waals surface area contributed by atoms with Crippen LogP contribution in [0.15, 0.2) is 29.4 Å². The lowest BCUT2D eigenvalue weighted by Crippen LogP contribution is -2.41. The second kappa shape index (κ2) is 9.21. The monoisotopic (exact) mass is 343 g/mol. The highest BCUT2D eigenvalue weighted by atomic mass is 32.2. The molecule has 8 nitrogen and oxygen atoms in total. The van der Waals surface area contributed by atoms with Crippen LogP contribution in [0.3, 0.4) is 0 Å². The van der Waals surface area contributed by atoms with Gasteiger partial charge in [0.2, 0.25) is 15.9 Å². The van der Waals surface area contributed by atoms with Crippen molar-refractivity contribution < 1.29 is 23.1 Å². The minimum Gasteiger partial charge on any atom is -0.480 e. The summed E-state index contributed by atoms with van der Waals surface area (Å²) >= 11 is 0. The highest BCUT2D eigenvalue weighted by Crippen LogP contribution is 2.05. The molecule has 0 aromatic carbocycles. The van der Waals surface area contributed by atoms with Crippen LogP contribution in [-0.2, 0) is 19.6 Å². The minimum atomic E-state index is -3.72. The minimum absolute atomic E-state index is 0.00627. The first kappa shape index (κ1) is 19.0. The lowest BCUT2D eigenvalue weighted by molar-refractivity contribution is -0.142. The van der Waals surface area contributed by atoms with Gasteiger partial charge in [-0.1, -0.05) is 19.8 Å². The van der Waals surface area contributed by atoms with Gasteiger partial charge in [-0.3, -0.25) is 9.78 Å². The molecule has 23 heavy (non-hydrogen) atoms. The van der Waals surface area contributed by atoms with E-state index < -0.39 is 27.9 Å². The van der Waals surface area contributed by atoms with Gasteiger partial charge in [0.05, 0.1) is 0 Å². The van der Waals surface area contributed by atoms with Gasteiger partial charge >= 0.3 is 5.97 Å². The van der Waals surface area contributed by atoms with Gasteiger partial charge in [0.1, 0.15) is 10.9 Å². The van der Waals surface area contributed by atoms with E-state index in [1.807, 2.05) is 6.92 Å². The number of carboxylic acids is 1. The van der Waals surface area contributed by atoms with Gasteiger partial charge in [-0.15, -0.1) is 0 Å². The predicted octanol–water partition coefficient (Wildman–Crippen LogP) is 0.510. The third-order valence-corrected chi connectivity index (χ3v) is 4.51. The number of nitrogens with zero attached hydrogens (tertiary/aromatic N) is 1. The quantitative estimate of drug-likeness (QED) is 0.568. The van der Waals surface area contributed by atoms with Crippen molar-refractivity contribution in [1.29, 1.82) is 0 Å². The van der Waals surface area contributed by atoms with Gasteiger partial charge in [-0.25, -0.2) is 17.9 Å². The summed E-state index contributed by atoms with van der Waals surface area (Å²) < 4.78 is 26.1. The van der Waals surface area contributed by atoms with Crippen LogP contribution in [0.2, 0.25) is 0 Å². The molecule has 9 heteroatoms. The fourth-order valence-corrected chi connectivity index (χ4v) is 2.82. The van der Waals surface area contributed by atoms with Crippen LogP contribution in [-0.4, -0.2) is 43.0 Å².